The van der Waals surface area contributed by atoms with Crippen LogP contribution in [0.3, 0.4) is 0 Å². The summed E-state index contributed by atoms with van der Waals surface area (Å²) in [6.45, 7) is 4.23. The molecule has 0 spiro atoms. The van der Waals surface area contributed by atoms with Crippen LogP contribution in [0.2, 0.25) is 0 Å². The number of ketones is 2. The Labute approximate surface area is 381 Å². The first-order valence-corrected chi connectivity index (χ1v) is 21.5. The monoisotopic (exact) mass is 886 g/mol. The molecule has 9 rings (SSSR count). The van der Waals surface area contributed by atoms with E-state index in [4.69, 9.17) is 25.7 Å². The molecule has 0 unspecified atom stereocenters. The maximum atomic E-state index is 13.3. The van der Waals surface area contributed by atoms with Crippen LogP contribution in [0.15, 0.2) is 122 Å². The van der Waals surface area contributed by atoms with E-state index in [9.17, 15) is 19.2 Å². The van der Waals surface area contributed by atoms with Gasteiger partial charge in [-0.3, -0.25) is 28.3 Å². The summed E-state index contributed by atoms with van der Waals surface area (Å²) in [7, 11) is 3.03. The molecule has 2 saturated carbocycles. The second-order valence-corrected chi connectivity index (χ2v) is 16.2. The summed E-state index contributed by atoms with van der Waals surface area (Å²) in [4.78, 5) is 59.8. The zero-order valence-corrected chi connectivity index (χ0v) is 37.0. The summed E-state index contributed by atoms with van der Waals surface area (Å²) in [5.41, 5.74) is 19.1. The number of hydrogen-bond acceptors (Lipinski definition) is 11. The zero-order chi connectivity index (χ0) is 46.5. The van der Waals surface area contributed by atoms with E-state index in [2.05, 4.69) is 20.6 Å². The van der Waals surface area contributed by atoms with E-state index >= 15 is 0 Å². The summed E-state index contributed by atoms with van der Waals surface area (Å²) in [5.74, 6) is 1.09. The van der Waals surface area contributed by atoms with Crippen molar-refractivity contribution in [1.29, 1.82) is 0 Å². The van der Waals surface area contributed by atoms with Gasteiger partial charge in [-0.2, -0.15) is 0 Å². The molecule has 6 N–H and O–H groups in total. The van der Waals surface area contributed by atoms with Gasteiger partial charge >= 0.3 is 0 Å². The molecule has 2 aliphatic rings. The minimum atomic E-state index is -0.336. The molecule has 2 amide bonds. The Hall–Kier alpha value is -8.20. The molecule has 0 aliphatic heterocycles. The topological polar surface area (TPSA) is 208 Å². The Morgan fingerprint density at radius 3 is 1.59 bits per heavy atom. The van der Waals surface area contributed by atoms with E-state index in [-0.39, 0.29) is 58.5 Å². The fourth-order valence-corrected chi connectivity index (χ4v) is 7.18. The smallest absolute Gasteiger partial charge is 0.251 e. The molecule has 15 heteroatoms. The first-order chi connectivity index (χ1) is 31.9. The molecular formula is C51H50N8O7. The SMILES string of the molecule is COc1ccc(C(=O)c2ncn(-c3cc(C(=O)NC4CC4)ccc3C)c2N)cc1OC.Cc1ccc(C(=O)NC2CC2)cc1-n1cnc(C(=O)c2cccc(OCc3ccccc3)c2)c1N. The number of ether oxygens (including phenoxy) is 3. The van der Waals surface area contributed by atoms with Gasteiger partial charge in [0.25, 0.3) is 11.8 Å². The number of nitrogens with zero attached hydrogens (tertiary/aromatic N) is 4. The predicted octanol–water partition coefficient (Wildman–Crippen LogP) is 7.37. The van der Waals surface area contributed by atoms with E-state index in [0.717, 1.165) is 42.4 Å². The standard InChI is InChI=1S/C28H26N4O3.C23H24N4O4/c1-18-10-11-21(28(34)31-22-12-13-22)15-24(18)32-17-30-25(27(32)29)26(33)20-8-5-9-23(14-20)35-16-19-6-3-2-4-7-19;1-13-4-5-15(23(29)26-16-7-8-16)10-17(13)27-12-25-20(22(27)24)21(28)14-6-9-18(30-2)19(11-14)31-3/h2-11,14-15,17,22H,12-13,16,29H2,1H3,(H,31,34);4-6,9-12,16H,7-8,24H2,1-3H3,(H,26,29). The second kappa shape index (κ2) is 19.3. The normalized spacial score (nSPS) is 12.9. The molecule has 66 heavy (non-hydrogen) atoms. The number of nitrogen functional groups attached to an aromatic ring is 2. The van der Waals surface area contributed by atoms with Crippen molar-refractivity contribution < 1.29 is 33.4 Å². The Balaban J connectivity index is 0.000000181. The van der Waals surface area contributed by atoms with Crippen molar-refractivity contribution in [3.8, 4) is 28.6 Å². The molecular weight excluding hydrogens is 837 g/mol. The van der Waals surface area contributed by atoms with Gasteiger partial charge in [-0.05, 0) is 111 Å². The molecule has 0 radical (unpaired) electrons. The van der Waals surface area contributed by atoms with Crippen molar-refractivity contribution in [1.82, 2.24) is 29.7 Å². The number of aromatic nitrogens is 4. The van der Waals surface area contributed by atoms with Crippen LogP contribution in [0.25, 0.3) is 11.4 Å². The van der Waals surface area contributed by atoms with Gasteiger partial charge in [0.15, 0.2) is 22.9 Å². The fraction of sp³-hybridized carbons (Fsp3) is 0.216. The molecule has 5 aromatic carbocycles. The minimum Gasteiger partial charge on any atom is -0.493 e. The van der Waals surface area contributed by atoms with E-state index in [0.29, 0.717) is 57.5 Å². The number of methoxy groups -OCH3 is 2. The van der Waals surface area contributed by atoms with Crippen LogP contribution in [-0.4, -0.2) is 68.8 Å². The van der Waals surface area contributed by atoms with Crippen LogP contribution >= 0.6 is 0 Å². The highest BCUT2D eigenvalue weighted by Crippen LogP contribution is 2.31. The largest absolute Gasteiger partial charge is 0.493 e. The van der Waals surface area contributed by atoms with E-state index < -0.39 is 0 Å². The summed E-state index contributed by atoms with van der Waals surface area (Å²) < 4.78 is 19.6. The summed E-state index contributed by atoms with van der Waals surface area (Å²) in [5, 5.41) is 5.97. The van der Waals surface area contributed by atoms with E-state index in [1.807, 2.05) is 62.4 Å². The number of imidazole rings is 2. The molecule has 0 atom stereocenters. The molecule has 0 bridgehead atoms. The lowest BCUT2D eigenvalue weighted by Gasteiger charge is -2.12. The highest BCUT2D eigenvalue weighted by molar-refractivity contribution is 6.11. The van der Waals surface area contributed by atoms with Crippen molar-refractivity contribution in [3.05, 3.63) is 172 Å². The Kier molecular flexibility index (Phi) is 13.0. The van der Waals surface area contributed by atoms with Gasteiger partial charge in [-0.15, -0.1) is 0 Å². The van der Waals surface area contributed by atoms with Crippen LogP contribution in [0, 0.1) is 13.8 Å². The molecule has 2 fully saturated rings. The predicted molar refractivity (Wildman–Crippen MR) is 250 cm³/mol. The van der Waals surface area contributed by atoms with Gasteiger partial charge in [0, 0.05) is 34.3 Å². The second-order valence-electron chi connectivity index (χ2n) is 16.2. The summed E-state index contributed by atoms with van der Waals surface area (Å²) in [6, 6.07) is 33.0. The fourth-order valence-electron chi connectivity index (χ4n) is 7.18. The highest BCUT2D eigenvalue weighted by Gasteiger charge is 2.27. The number of aryl methyl sites for hydroxylation is 2. The van der Waals surface area contributed by atoms with Gasteiger partial charge in [-0.1, -0.05) is 54.6 Å². The molecule has 2 aliphatic carbocycles. The summed E-state index contributed by atoms with van der Waals surface area (Å²) >= 11 is 0. The first-order valence-electron chi connectivity index (χ1n) is 21.5. The van der Waals surface area contributed by atoms with Crippen LogP contribution < -0.4 is 36.3 Å². The molecule has 2 aromatic heterocycles. The quantitative estimate of drug-likeness (QED) is 0.0748. The highest BCUT2D eigenvalue weighted by atomic mass is 16.5. The lowest BCUT2D eigenvalue weighted by molar-refractivity contribution is 0.0942. The number of rotatable bonds is 15. The van der Waals surface area contributed by atoms with Crippen LogP contribution in [0.5, 0.6) is 17.2 Å². The number of benzene rings is 5. The average molecular weight is 887 g/mol. The number of carbonyl (C=O) groups excluding carboxylic acids is 4. The van der Waals surface area contributed by atoms with Crippen molar-refractivity contribution in [2.45, 2.75) is 58.2 Å². The molecule has 15 nitrogen and oxygen atoms in total. The third-order valence-corrected chi connectivity index (χ3v) is 11.3. The van der Waals surface area contributed by atoms with Crippen LogP contribution in [0.4, 0.5) is 11.6 Å². The maximum absolute atomic E-state index is 13.3. The number of nitrogens with two attached hydrogens (primary N) is 2. The third kappa shape index (κ3) is 9.95. The Morgan fingerprint density at radius 1 is 0.591 bits per heavy atom. The number of anilines is 2. The van der Waals surface area contributed by atoms with Crippen molar-refractivity contribution in [3.63, 3.8) is 0 Å². The molecule has 7 aromatic rings. The number of hydrogen-bond donors (Lipinski definition) is 4. The van der Waals surface area contributed by atoms with Gasteiger partial charge < -0.3 is 36.3 Å². The lowest BCUT2D eigenvalue weighted by Crippen LogP contribution is -2.25. The lowest BCUT2D eigenvalue weighted by atomic mass is 10.1. The Bertz CT molecular complexity index is 2950. The van der Waals surface area contributed by atoms with Crippen molar-refractivity contribution in [2.24, 2.45) is 0 Å². The van der Waals surface area contributed by atoms with Crippen LogP contribution in [0.1, 0.15) is 95.2 Å². The van der Waals surface area contributed by atoms with Gasteiger partial charge in [-0.25, -0.2) is 9.97 Å². The van der Waals surface area contributed by atoms with Gasteiger partial charge in [0.2, 0.25) is 11.6 Å². The van der Waals surface area contributed by atoms with Gasteiger partial charge in [0.1, 0.15) is 36.6 Å². The number of amides is 2. The van der Waals surface area contributed by atoms with Crippen LogP contribution in [-0.2, 0) is 6.61 Å². The average Bonchev–Trinajstić information content (AvgIpc) is 4.27. The van der Waals surface area contributed by atoms with Crippen molar-refractivity contribution in [2.75, 3.05) is 25.7 Å². The van der Waals surface area contributed by atoms with Crippen molar-refractivity contribution >= 4 is 35.0 Å². The third-order valence-electron chi connectivity index (χ3n) is 11.3. The number of nitrogens with one attached hydrogen (secondary N) is 2. The maximum Gasteiger partial charge on any atom is 0.251 e. The van der Waals surface area contributed by atoms with E-state index in [1.54, 1.807) is 69.8 Å². The first kappa shape index (κ1) is 44.4. The molecule has 2 heterocycles. The molecule has 0 saturated heterocycles. The van der Waals surface area contributed by atoms with E-state index in [1.165, 1.54) is 26.9 Å². The zero-order valence-electron chi connectivity index (χ0n) is 37.0. The number of carbonyl (C=O) groups is 4. The minimum absolute atomic E-state index is 0.115. The van der Waals surface area contributed by atoms with Gasteiger partial charge in [0.05, 0.1) is 25.6 Å². The molecule has 336 valence electrons. The Morgan fingerprint density at radius 2 is 1.09 bits per heavy atom. The summed E-state index contributed by atoms with van der Waals surface area (Å²) in [6.07, 6.45) is 7.07.